The molecule has 1 heterocycles. The van der Waals surface area contributed by atoms with Crippen molar-refractivity contribution in [2.24, 2.45) is 5.41 Å². The maximum absolute atomic E-state index is 13.3. The van der Waals surface area contributed by atoms with Crippen molar-refractivity contribution in [1.82, 2.24) is 4.90 Å². The zero-order chi connectivity index (χ0) is 22.8. The molecular formula is C25H30N2O4. The number of carbonyl (C=O) groups excluding carboxylic acids is 3. The second kappa shape index (κ2) is 8.92. The number of amides is 3. The van der Waals surface area contributed by atoms with Crippen LogP contribution in [0.2, 0.25) is 0 Å². The van der Waals surface area contributed by atoms with Gasteiger partial charge >= 0.3 is 0 Å². The van der Waals surface area contributed by atoms with Crippen LogP contribution in [0.25, 0.3) is 0 Å². The van der Waals surface area contributed by atoms with E-state index >= 15 is 0 Å². The average molecular weight is 423 g/mol. The van der Waals surface area contributed by atoms with Crippen molar-refractivity contribution in [2.45, 2.75) is 53.1 Å². The van der Waals surface area contributed by atoms with Crippen molar-refractivity contribution < 1.29 is 19.1 Å². The van der Waals surface area contributed by atoms with Gasteiger partial charge in [-0.25, -0.2) is 4.90 Å². The van der Waals surface area contributed by atoms with Gasteiger partial charge in [-0.2, -0.15) is 0 Å². The highest BCUT2D eigenvalue weighted by molar-refractivity contribution is 6.23. The Morgan fingerprint density at radius 2 is 1.68 bits per heavy atom. The molecule has 0 bridgehead atoms. The Morgan fingerprint density at radius 1 is 1.06 bits per heavy atom. The topological polar surface area (TPSA) is 66.9 Å². The number of carbonyl (C=O) groups is 3. The predicted octanol–water partition coefficient (Wildman–Crippen LogP) is 4.10. The molecule has 0 aromatic heterocycles. The first kappa shape index (κ1) is 22.5. The molecule has 0 saturated carbocycles. The summed E-state index contributed by atoms with van der Waals surface area (Å²) in [6.45, 7) is 8.24. The molecule has 0 N–H and O–H groups in total. The zero-order valence-corrected chi connectivity index (χ0v) is 18.8. The van der Waals surface area contributed by atoms with Gasteiger partial charge < -0.3 is 9.64 Å². The predicted molar refractivity (Wildman–Crippen MR) is 120 cm³/mol. The van der Waals surface area contributed by atoms with E-state index in [1.807, 2.05) is 52.0 Å². The van der Waals surface area contributed by atoms with Crippen LogP contribution >= 0.6 is 0 Å². The van der Waals surface area contributed by atoms with Crippen LogP contribution in [0.4, 0.5) is 5.69 Å². The van der Waals surface area contributed by atoms with Gasteiger partial charge in [0.05, 0.1) is 19.2 Å². The van der Waals surface area contributed by atoms with E-state index in [2.05, 4.69) is 0 Å². The van der Waals surface area contributed by atoms with E-state index in [1.165, 1.54) is 4.90 Å². The van der Waals surface area contributed by atoms with Gasteiger partial charge in [0.25, 0.3) is 5.91 Å². The third-order valence-corrected chi connectivity index (χ3v) is 5.31. The number of benzene rings is 2. The summed E-state index contributed by atoms with van der Waals surface area (Å²) in [5.41, 5.74) is 2.30. The van der Waals surface area contributed by atoms with Crippen molar-refractivity contribution in [3.05, 3.63) is 59.7 Å². The molecule has 1 aliphatic rings. The van der Waals surface area contributed by atoms with E-state index in [1.54, 1.807) is 36.3 Å². The van der Waals surface area contributed by atoms with E-state index in [0.29, 0.717) is 17.9 Å². The van der Waals surface area contributed by atoms with Crippen molar-refractivity contribution >= 4 is 23.4 Å². The number of nitrogens with zero attached hydrogens (tertiary/aromatic N) is 2. The van der Waals surface area contributed by atoms with E-state index < -0.39 is 6.04 Å². The molecule has 0 radical (unpaired) electrons. The zero-order valence-electron chi connectivity index (χ0n) is 18.8. The minimum Gasteiger partial charge on any atom is -0.497 e. The fourth-order valence-corrected chi connectivity index (χ4v) is 3.68. The van der Waals surface area contributed by atoms with Gasteiger partial charge in [0.2, 0.25) is 11.8 Å². The summed E-state index contributed by atoms with van der Waals surface area (Å²) in [5, 5.41) is 0. The van der Waals surface area contributed by atoms with Crippen LogP contribution in [0.3, 0.4) is 0 Å². The summed E-state index contributed by atoms with van der Waals surface area (Å²) in [7, 11) is 1.56. The van der Waals surface area contributed by atoms with Crippen LogP contribution in [0.1, 0.15) is 44.7 Å². The number of methoxy groups -OCH3 is 1. The lowest BCUT2D eigenvalue weighted by atomic mass is 9.91. The maximum Gasteiger partial charge on any atom is 0.257 e. The summed E-state index contributed by atoms with van der Waals surface area (Å²) in [4.78, 5) is 42.1. The van der Waals surface area contributed by atoms with Crippen molar-refractivity contribution in [3.63, 3.8) is 0 Å². The Hall–Kier alpha value is -3.15. The van der Waals surface area contributed by atoms with Crippen molar-refractivity contribution in [2.75, 3.05) is 12.0 Å². The number of rotatable bonds is 6. The Balaban J connectivity index is 1.90. The van der Waals surface area contributed by atoms with Gasteiger partial charge in [0, 0.05) is 13.0 Å². The first-order valence-electron chi connectivity index (χ1n) is 10.4. The highest BCUT2D eigenvalue weighted by Crippen LogP contribution is 2.30. The molecular weight excluding hydrogens is 392 g/mol. The van der Waals surface area contributed by atoms with E-state index in [-0.39, 0.29) is 36.1 Å². The maximum atomic E-state index is 13.3. The second-order valence-corrected chi connectivity index (χ2v) is 9.23. The van der Waals surface area contributed by atoms with E-state index in [9.17, 15) is 14.4 Å². The molecule has 0 aliphatic carbocycles. The lowest BCUT2D eigenvalue weighted by Crippen LogP contribution is -2.46. The third kappa shape index (κ3) is 5.32. The van der Waals surface area contributed by atoms with Crippen LogP contribution in [-0.2, 0) is 20.9 Å². The highest BCUT2D eigenvalue weighted by atomic mass is 16.5. The normalized spacial score (nSPS) is 16.5. The van der Waals surface area contributed by atoms with E-state index in [0.717, 1.165) is 11.1 Å². The molecule has 0 spiro atoms. The van der Waals surface area contributed by atoms with Gasteiger partial charge in [-0.15, -0.1) is 0 Å². The number of aryl methyl sites for hydroxylation is 1. The summed E-state index contributed by atoms with van der Waals surface area (Å²) in [6.07, 6.45) is 0.270. The van der Waals surface area contributed by atoms with Gasteiger partial charge in [-0.1, -0.05) is 50.6 Å². The minimum absolute atomic E-state index is 0.0212. The van der Waals surface area contributed by atoms with Gasteiger partial charge in [0.15, 0.2) is 0 Å². The highest BCUT2D eigenvalue weighted by Gasteiger charge is 2.44. The van der Waals surface area contributed by atoms with Gasteiger partial charge in [0.1, 0.15) is 11.8 Å². The summed E-state index contributed by atoms with van der Waals surface area (Å²) < 4.78 is 5.16. The molecule has 3 rings (SSSR count). The SMILES string of the molecule is COc1ccc(N2C(=O)CC(N(Cc3ccc(C)cc3)C(=O)CC(C)(C)C)C2=O)cc1. The fourth-order valence-electron chi connectivity index (χ4n) is 3.68. The Bertz CT molecular complexity index is 959. The lowest BCUT2D eigenvalue weighted by Gasteiger charge is -2.30. The number of hydrogen-bond acceptors (Lipinski definition) is 4. The monoisotopic (exact) mass is 422 g/mol. The largest absolute Gasteiger partial charge is 0.497 e. The smallest absolute Gasteiger partial charge is 0.257 e. The number of imide groups is 1. The number of ether oxygens (including phenoxy) is 1. The molecule has 1 atom stereocenters. The van der Waals surface area contributed by atoms with Crippen LogP contribution in [0.15, 0.2) is 48.5 Å². The van der Waals surface area contributed by atoms with Gasteiger partial charge in [-0.05, 0) is 42.2 Å². The second-order valence-electron chi connectivity index (χ2n) is 9.23. The quantitative estimate of drug-likeness (QED) is 0.658. The molecule has 164 valence electrons. The standard InChI is InChI=1S/C25H30N2O4/c1-17-6-8-18(9-7-17)16-26(23(29)15-25(2,3)4)21-14-22(28)27(24(21)30)19-10-12-20(31-5)13-11-19/h6-13,21H,14-16H2,1-5H3. The number of hydrogen-bond donors (Lipinski definition) is 0. The minimum atomic E-state index is -0.814. The van der Waals surface area contributed by atoms with E-state index in [4.69, 9.17) is 4.74 Å². The molecule has 6 heteroatoms. The third-order valence-electron chi connectivity index (χ3n) is 5.31. The molecule has 2 aromatic carbocycles. The molecule has 2 aromatic rings. The molecule has 3 amide bonds. The average Bonchev–Trinajstić information content (AvgIpc) is 3.00. The van der Waals surface area contributed by atoms with Crippen molar-refractivity contribution in [3.8, 4) is 5.75 Å². The summed E-state index contributed by atoms with van der Waals surface area (Å²) in [6, 6.07) is 13.8. The molecule has 1 fully saturated rings. The Kier molecular flexibility index (Phi) is 6.48. The van der Waals surface area contributed by atoms with Crippen molar-refractivity contribution in [1.29, 1.82) is 0 Å². The van der Waals surface area contributed by atoms with Crippen LogP contribution in [0.5, 0.6) is 5.75 Å². The molecule has 1 unspecified atom stereocenters. The molecule has 1 aliphatic heterocycles. The molecule has 31 heavy (non-hydrogen) atoms. The Morgan fingerprint density at radius 3 is 2.23 bits per heavy atom. The van der Waals surface area contributed by atoms with Crippen LogP contribution in [0, 0.1) is 12.3 Å². The Labute approximate surface area is 183 Å². The van der Waals surface area contributed by atoms with Gasteiger partial charge in [-0.3, -0.25) is 14.4 Å². The molecule has 1 saturated heterocycles. The lowest BCUT2D eigenvalue weighted by molar-refractivity contribution is -0.140. The summed E-state index contributed by atoms with van der Waals surface area (Å²) >= 11 is 0. The molecule has 6 nitrogen and oxygen atoms in total. The van der Waals surface area contributed by atoms with Crippen LogP contribution in [-0.4, -0.2) is 35.8 Å². The van der Waals surface area contributed by atoms with Crippen LogP contribution < -0.4 is 9.64 Å². The first-order valence-corrected chi connectivity index (χ1v) is 10.4. The number of anilines is 1. The first-order chi connectivity index (χ1) is 14.6. The summed E-state index contributed by atoms with van der Waals surface area (Å²) in [5.74, 6) is -0.168. The fraction of sp³-hybridized carbons (Fsp3) is 0.400.